The van der Waals surface area contributed by atoms with Gasteiger partial charge in [0.15, 0.2) is 5.69 Å². The van der Waals surface area contributed by atoms with Crippen molar-refractivity contribution in [3.63, 3.8) is 0 Å². The summed E-state index contributed by atoms with van der Waals surface area (Å²) < 4.78 is 46.2. The topological polar surface area (TPSA) is 76.5 Å². The van der Waals surface area contributed by atoms with E-state index in [0.717, 1.165) is 17.4 Å². The van der Waals surface area contributed by atoms with Crippen molar-refractivity contribution in [1.82, 2.24) is 15.1 Å². The third-order valence-electron chi connectivity index (χ3n) is 4.79. The van der Waals surface area contributed by atoms with Gasteiger partial charge in [-0.2, -0.15) is 18.3 Å². The van der Waals surface area contributed by atoms with Crippen molar-refractivity contribution in [2.75, 3.05) is 25.6 Å². The minimum atomic E-state index is -4.84. The number of hydrogen-bond acceptors (Lipinski definition) is 5. The van der Waals surface area contributed by atoms with Crippen LogP contribution in [0.4, 0.5) is 18.9 Å². The van der Waals surface area contributed by atoms with Gasteiger partial charge in [0.1, 0.15) is 5.56 Å². The molecule has 0 atom stereocenters. The van der Waals surface area contributed by atoms with Crippen LogP contribution in [0.15, 0.2) is 54.7 Å². The van der Waals surface area contributed by atoms with Gasteiger partial charge in [-0.05, 0) is 48.9 Å². The Hall–Kier alpha value is -3.82. The third-order valence-corrected chi connectivity index (χ3v) is 4.79. The molecule has 3 aromatic rings. The number of alkyl halides is 3. The molecule has 0 saturated carbocycles. The van der Waals surface area contributed by atoms with Crippen LogP contribution < -0.4 is 10.2 Å². The van der Waals surface area contributed by atoms with Crippen LogP contribution in [0.1, 0.15) is 38.9 Å². The van der Waals surface area contributed by atoms with Crippen LogP contribution in [0.2, 0.25) is 0 Å². The van der Waals surface area contributed by atoms with Crippen LogP contribution in [0, 0.1) is 0 Å². The largest absolute Gasteiger partial charge is 0.462 e. The Morgan fingerprint density at radius 3 is 2.42 bits per heavy atom. The van der Waals surface area contributed by atoms with E-state index >= 15 is 0 Å². The first kappa shape index (κ1) is 23.8. The first-order valence-electron chi connectivity index (χ1n) is 10.1. The van der Waals surface area contributed by atoms with Crippen molar-refractivity contribution in [3.8, 4) is 5.69 Å². The van der Waals surface area contributed by atoms with Crippen LogP contribution in [0.3, 0.4) is 0 Å². The smallest absolute Gasteiger partial charge is 0.434 e. The molecule has 1 heterocycles. The van der Waals surface area contributed by atoms with E-state index in [1.807, 2.05) is 43.3 Å². The number of nitrogens with zero attached hydrogens (tertiary/aromatic N) is 3. The van der Waals surface area contributed by atoms with Crippen LogP contribution >= 0.6 is 0 Å². The van der Waals surface area contributed by atoms with E-state index in [0.29, 0.717) is 11.2 Å². The lowest BCUT2D eigenvalue weighted by Gasteiger charge is -2.14. The molecule has 10 heteroatoms. The summed E-state index contributed by atoms with van der Waals surface area (Å²) in [7, 11) is 3.83. The molecule has 0 bridgehead atoms. The number of halogens is 3. The highest BCUT2D eigenvalue weighted by Gasteiger charge is 2.41. The summed E-state index contributed by atoms with van der Waals surface area (Å²) in [4.78, 5) is 26.4. The van der Waals surface area contributed by atoms with E-state index in [-0.39, 0.29) is 23.8 Å². The molecule has 0 radical (unpaired) electrons. The molecule has 3 rings (SSSR count). The number of anilines is 1. The molecule has 0 unspecified atom stereocenters. The van der Waals surface area contributed by atoms with Crippen LogP contribution in [0.5, 0.6) is 0 Å². The number of rotatable bonds is 7. The van der Waals surface area contributed by atoms with Crippen LogP contribution in [-0.2, 0) is 17.5 Å². The maximum Gasteiger partial charge on any atom is 0.434 e. The predicted octanol–water partition coefficient (Wildman–Crippen LogP) is 4.06. The lowest BCUT2D eigenvalue weighted by Crippen LogP contribution is -2.23. The molecule has 33 heavy (non-hydrogen) atoms. The normalized spacial score (nSPS) is 11.2. The zero-order valence-electron chi connectivity index (χ0n) is 18.3. The Labute approximate surface area is 188 Å². The number of aromatic nitrogens is 2. The summed E-state index contributed by atoms with van der Waals surface area (Å²) in [5, 5.41) is 6.51. The van der Waals surface area contributed by atoms with Gasteiger partial charge in [0.05, 0.1) is 18.5 Å². The molecule has 0 spiro atoms. The molecule has 0 fully saturated rings. The Balaban J connectivity index is 1.78. The van der Waals surface area contributed by atoms with Gasteiger partial charge in [-0.25, -0.2) is 9.48 Å². The standard InChI is InChI=1S/C23H23F3N4O3/c1-4-33-22(32)19-14-28-30(20(19)23(24,25)26)17-10-8-16(9-11-17)21(31)27-13-15-6-5-7-18(12-15)29(2)3/h5-12,14H,4,13H2,1-3H3,(H,27,31). The van der Waals surface area contributed by atoms with Gasteiger partial charge >= 0.3 is 12.1 Å². The second-order valence-corrected chi connectivity index (χ2v) is 7.33. The molecular weight excluding hydrogens is 437 g/mol. The molecule has 2 aromatic carbocycles. The quantitative estimate of drug-likeness (QED) is 0.538. The first-order valence-corrected chi connectivity index (χ1v) is 10.1. The van der Waals surface area contributed by atoms with Gasteiger partial charge in [-0.15, -0.1) is 0 Å². The summed E-state index contributed by atoms with van der Waals surface area (Å²) >= 11 is 0. The Kier molecular flexibility index (Phi) is 7.05. The fourth-order valence-corrected chi connectivity index (χ4v) is 3.16. The van der Waals surface area contributed by atoms with Crippen LogP contribution in [0.25, 0.3) is 5.69 Å². The number of amides is 1. The second kappa shape index (κ2) is 9.76. The zero-order valence-corrected chi connectivity index (χ0v) is 18.3. The number of ether oxygens (including phenoxy) is 1. The molecule has 1 aromatic heterocycles. The van der Waals surface area contributed by atoms with Crippen molar-refractivity contribution < 1.29 is 27.5 Å². The Morgan fingerprint density at radius 2 is 1.82 bits per heavy atom. The zero-order chi connectivity index (χ0) is 24.2. The molecule has 0 saturated heterocycles. The fraction of sp³-hybridized carbons (Fsp3) is 0.261. The van der Waals surface area contributed by atoms with Crippen molar-refractivity contribution in [2.45, 2.75) is 19.6 Å². The second-order valence-electron chi connectivity index (χ2n) is 7.33. The van der Waals surface area contributed by atoms with E-state index in [1.54, 1.807) is 0 Å². The number of carbonyl (C=O) groups excluding carboxylic acids is 2. The molecular formula is C23H23F3N4O3. The monoisotopic (exact) mass is 460 g/mol. The number of benzene rings is 2. The van der Waals surface area contributed by atoms with E-state index in [4.69, 9.17) is 4.74 Å². The molecule has 7 nitrogen and oxygen atoms in total. The summed E-state index contributed by atoms with van der Waals surface area (Å²) in [5.74, 6) is -1.48. The van der Waals surface area contributed by atoms with Gasteiger partial charge in [-0.1, -0.05) is 12.1 Å². The summed E-state index contributed by atoms with van der Waals surface area (Å²) in [6.07, 6.45) is -4.01. The highest BCUT2D eigenvalue weighted by molar-refractivity contribution is 5.94. The highest BCUT2D eigenvalue weighted by Crippen LogP contribution is 2.34. The van der Waals surface area contributed by atoms with E-state index in [2.05, 4.69) is 10.4 Å². The summed E-state index contributed by atoms with van der Waals surface area (Å²) in [6.45, 7) is 1.73. The number of carbonyl (C=O) groups is 2. The lowest BCUT2D eigenvalue weighted by molar-refractivity contribution is -0.143. The summed E-state index contributed by atoms with van der Waals surface area (Å²) in [5.41, 5.74) is 0.309. The molecule has 1 amide bonds. The highest BCUT2D eigenvalue weighted by atomic mass is 19.4. The Bertz CT molecular complexity index is 1140. The van der Waals surface area contributed by atoms with Gasteiger partial charge < -0.3 is 15.0 Å². The molecule has 0 aliphatic carbocycles. The Morgan fingerprint density at radius 1 is 1.12 bits per heavy atom. The molecule has 1 N–H and O–H groups in total. The van der Waals surface area contributed by atoms with Gasteiger partial charge in [0, 0.05) is 31.9 Å². The minimum absolute atomic E-state index is 0.0492. The molecule has 0 aliphatic rings. The van der Waals surface area contributed by atoms with Gasteiger partial charge in [-0.3, -0.25) is 4.79 Å². The van der Waals surface area contributed by atoms with Crippen molar-refractivity contribution in [3.05, 3.63) is 77.1 Å². The van der Waals surface area contributed by atoms with Crippen molar-refractivity contribution in [1.29, 1.82) is 0 Å². The van der Waals surface area contributed by atoms with E-state index in [1.165, 1.54) is 31.2 Å². The molecule has 0 aliphatic heterocycles. The fourth-order valence-electron chi connectivity index (χ4n) is 3.16. The third kappa shape index (κ3) is 5.51. The van der Waals surface area contributed by atoms with E-state index < -0.39 is 23.4 Å². The number of hydrogen-bond donors (Lipinski definition) is 1. The van der Waals surface area contributed by atoms with Crippen molar-refractivity contribution in [2.24, 2.45) is 0 Å². The average molecular weight is 460 g/mol. The number of esters is 1. The van der Waals surface area contributed by atoms with Gasteiger partial charge in [0.2, 0.25) is 0 Å². The van der Waals surface area contributed by atoms with Crippen molar-refractivity contribution >= 4 is 17.6 Å². The number of nitrogens with one attached hydrogen (secondary N) is 1. The summed E-state index contributed by atoms with van der Waals surface area (Å²) in [6, 6.07) is 13.1. The lowest BCUT2D eigenvalue weighted by atomic mass is 10.1. The SMILES string of the molecule is CCOC(=O)c1cnn(-c2ccc(C(=O)NCc3cccc(N(C)C)c3)cc2)c1C(F)(F)F. The molecule has 174 valence electrons. The van der Waals surface area contributed by atoms with Gasteiger partial charge in [0.25, 0.3) is 5.91 Å². The first-order chi connectivity index (χ1) is 15.6. The van der Waals surface area contributed by atoms with Crippen LogP contribution in [-0.4, -0.2) is 42.4 Å². The van der Waals surface area contributed by atoms with E-state index in [9.17, 15) is 22.8 Å². The maximum absolute atomic E-state index is 13.6. The minimum Gasteiger partial charge on any atom is -0.462 e. The predicted molar refractivity (Wildman–Crippen MR) is 116 cm³/mol. The maximum atomic E-state index is 13.6. The average Bonchev–Trinajstić information content (AvgIpc) is 3.24.